The molecule has 0 radical (unpaired) electrons. The normalized spacial score (nSPS) is 14.6. The van der Waals surface area contributed by atoms with Gasteiger partial charge in [0.25, 0.3) is 11.1 Å². The molecule has 1 saturated heterocycles. The summed E-state index contributed by atoms with van der Waals surface area (Å²) in [4.78, 5) is 26.5. The third kappa shape index (κ3) is 4.63. The highest BCUT2D eigenvalue weighted by Crippen LogP contribution is 2.34. The van der Waals surface area contributed by atoms with Gasteiger partial charge in [0.1, 0.15) is 12.4 Å². The number of hydrogen-bond acceptors (Lipinski definition) is 5. The first-order chi connectivity index (χ1) is 16.4. The van der Waals surface area contributed by atoms with Gasteiger partial charge in [-0.1, -0.05) is 25.1 Å². The fraction of sp³-hybridized carbons (Fsp3) is 0.222. The van der Waals surface area contributed by atoms with Gasteiger partial charge in [-0.15, -0.1) is 0 Å². The van der Waals surface area contributed by atoms with Gasteiger partial charge in [-0.05, 0) is 80.1 Å². The van der Waals surface area contributed by atoms with E-state index in [1.807, 2.05) is 75.4 Å². The average Bonchev–Trinajstić information content (AvgIpc) is 3.27. The molecule has 2 amide bonds. The van der Waals surface area contributed by atoms with E-state index in [1.54, 1.807) is 6.07 Å². The number of hydrogen-bond donors (Lipinski definition) is 0. The van der Waals surface area contributed by atoms with Gasteiger partial charge in [-0.3, -0.25) is 14.5 Å². The van der Waals surface area contributed by atoms with Crippen LogP contribution in [0.1, 0.15) is 41.4 Å². The first-order valence-electron chi connectivity index (χ1n) is 11.1. The first kappa shape index (κ1) is 23.4. The Morgan fingerprint density at radius 1 is 1.09 bits per heavy atom. The number of benzene rings is 2. The van der Waals surface area contributed by atoms with E-state index in [9.17, 15) is 14.9 Å². The summed E-state index contributed by atoms with van der Waals surface area (Å²) in [7, 11) is 0. The summed E-state index contributed by atoms with van der Waals surface area (Å²) < 4.78 is 7.99. The van der Waals surface area contributed by atoms with Gasteiger partial charge in [-0.25, -0.2) is 0 Å². The number of rotatable bonds is 7. The van der Waals surface area contributed by atoms with Crippen LogP contribution in [0.2, 0.25) is 0 Å². The fourth-order valence-corrected chi connectivity index (χ4v) is 4.85. The topological polar surface area (TPSA) is 75.3 Å². The first-order valence-corrected chi connectivity index (χ1v) is 11.9. The van der Waals surface area contributed by atoms with E-state index in [4.69, 9.17) is 4.74 Å². The number of ether oxygens (including phenoxy) is 1. The largest absolute Gasteiger partial charge is 0.489 e. The van der Waals surface area contributed by atoms with Crippen molar-refractivity contribution in [2.45, 2.75) is 33.8 Å². The molecule has 2 aromatic carbocycles. The molecule has 6 nitrogen and oxygen atoms in total. The van der Waals surface area contributed by atoms with E-state index < -0.39 is 0 Å². The Balaban J connectivity index is 1.53. The highest BCUT2D eigenvalue weighted by molar-refractivity contribution is 8.18. The minimum Gasteiger partial charge on any atom is -0.489 e. The molecule has 1 aliphatic heterocycles. The van der Waals surface area contributed by atoms with Crippen LogP contribution in [-0.2, 0) is 11.4 Å². The van der Waals surface area contributed by atoms with Crippen LogP contribution >= 0.6 is 11.8 Å². The SMILES string of the molecule is CCCN1C(=O)S/C(=C/c2cc(C)n(-c3ccc(OCc4ccccc4C#N)cc3)c2C)C1=O. The molecule has 0 unspecified atom stereocenters. The number of nitrogens with zero attached hydrogens (tertiary/aromatic N) is 3. The quantitative estimate of drug-likeness (QED) is 0.396. The van der Waals surface area contributed by atoms with Crippen LogP contribution in [0.25, 0.3) is 11.8 Å². The summed E-state index contributed by atoms with van der Waals surface area (Å²) in [6.07, 6.45) is 2.55. The van der Waals surface area contributed by atoms with E-state index >= 15 is 0 Å². The molecule has 34 heavy (non-hydrogen) atoms. The molecule has 0 atom stereocenters. The Morgan fingerprint density at radius 2 is 1.82 bits per heavy atom. The van der Waals surface area contributed by atoms with E-state index in [1.165, 1.54) is 4.90 Å². The number of carbonyl (C=O) groups is 2. The zero-order valence-electron chi connectivity index (χ0n) is 19.4. The van der Waals surface area contributed by atoms with Crippen molar-refractivity contribution in [1.82, 2.24) is 9.47 Å². The number of aryl methyl sites for hydroxylation is 1. The Labute approximate surface area is 203 Å². The maximum atomic E-state index is 12.6. The molecular formula is C27H25N3O3S. The van der Waals surface area contributed by atoms with Crippen LogP contribution in [0.3, 0.4) is 0 Å². The summed E-state index contributed by atoms with van der Waals surface area (Å²) in [5, 5.41) is 9.03. The minimum atomic E-state index is -0.221. The maximum Gasteiger partial charge on any atom is 0.293 e. The second-order valence-electron chi connectivity index (χ2n) is 8.05. The molecule has 0 N–H and O–H groups in total. The van der Waals surface area contributed by atoms with Gasteiger partial charge in [-0.2, -0.15) is 5.26 Å². The van der Waals surface area contributed by atoms with Crippen molar-refractivity contribution in [2.75, 3.05) is 6.54 Å². The lowest BCUT2D eigenvalue weighted by molar-refractivity contribution is -0.122. The molecular weight excluding hydrogens is 446 g/mol. The van der Waals surface area contributed by atoms with Crippen LogP contribution in [0.4, 0.5) is 4.79 Å². The molecule has 0 aliphatic carbocycles. The maximum absolute atomic E-state index is 12.6. The van der Waals surface area contributed by atoms with Crippen LogP contribution in [0, 0.1) is 25.2 Å². The Morgan fingerprint density at radius 3 is 2.53 bits per heavy atom. The predicted molar refractivity (Wildman–Crippen MR) is 134 cm³/mol. The Kier molecular flexibility index (Phi) is 6.90. The molecule has 4 rings (SSSR count). The average molecular weight is 472 g/mol. The standard InChI is InChI=1S/C27H25N3O3S/c1-4-13-29-26(31)25(34-27(29)32)15-22-14-18(2)30(19(22)3)23-9-11-24(12-10-23)33-17-21-8-6-5-7-20(21)16-28/h5-12,14-15H,4,13,17H2,1-3H3/b25-15+. The van der Waals surface area contributed by atoms with Gasteiger partial charge in [0.15, 0.2) is 0 Å². The molecule has 0 bridgehead atoms. The number of imide groups is 1. The Hall–Kier alpha value is -3.76. The number of amides is 2. The van der Waals surface area contributed by atoms with Crippen LogP contribution in [0.15, 0.2) is 59.5 Å². The fourth-order valence-electron chi connectivity index (χ4n) is 4.00. The molecule has 3 aromatic rings. The zero-order valence-corrected chi connectivity index (χ0v) is 20.2. The lowest BCUT2D eigenvalue weighted by Gasteiger charge is -2.12. The minimum absolute atomic E-state index is 0.208. The summed E-state index contributed by atoms with van der Waals surface area (Å²) >= 11 is 0.997. The van der Waals surface area contributed by atoms with E-state index in [-0.39, 0.29) is 11.1 Å². The predicted octanol–water partition coefficient (Wildman–Crippen LogP) is 5.99. The lowest BCUT2D eigenvalue weighted by Crippen LogP contribution is -2.28. The monoisotopic (exact) mass is 471 g/mol. The molecule has 1 aliphatic rings. The summed E-state index contributed by atoms with van der Waals surface area (Å²) in [6, 6.07) is 19.4. The van der Waals surface area contributed by atoms with Crippen LogP contribution < -0.4 is 4.74 Å². The molecule has 0 spiro atoms. The van der Waals surface area contributed by atoms with Crippen molar-refractivity contribution in [3.63, 3.8) is 0 Å². The third-order valence-corrected chi connectivity index (χ3v) is 6.61. The van der Waals surface area contributed by atoms with Crippen LogP contribution in [-0.4, -0.2) is 27.2 Å². The zero-order chi connectivity index (χ0) is 24.2. The molecule has 172 valence electrons. The molecule has 2 heterocycles. The number of carbonyl (C=O) groups excluding carboxylic acids is 2. The molecule has 1 fully saturated rings. The number of aromatic nitrogens is 1. The van der Waals surface area contributed by atoms with Crippen molar-refractivity contribution in [1.29, 1.82) is 5.26 Å². The van der Waals surface area contributed by atoms with Crippen molar-refractivity contribution in [3.05, 3.63) is 87.6 Å². The Bertz CT molecular complexity index is 1320. The summed E-state index contributed by atoms with van der Waals surface area (Å²) in [6.45, 7) is 6.72. The van der Waals surface area contributed by atoms with Crippen molar-refractivity contribution < 1.29 is 14.3 Å². The van der Waals surface area contributed by atoms with Gasteiger partial charge in [0.05, 0.1) is 16.5 Å². The summed E-state index contributed by atoms with van der Waals surface area (Å²) in [5.41, 5.74) is 5.34. The van der Waals surface area contributed by atoms with E-state index in [2.05, 4.69) is 10.6 Å². The van der Waals surface area contributed by atoms with Gasteiger partial charge in [0.2, 0.25) is 0 Å². The lowest BCUT2D eigenvalue weighted by atomic mass is 10.1. The highest BCUT2D eigenvalue weighted by atomic mass is 32.2. The number of nitriles is 1. The van der Waals surface area contributed by atoms with E-state index in [0.717, 1.165) is 46.4 Å². The van der Waals surface area contributed by atoms with Gasteiger partial charge >= 0.3 is 0 Å². The second-order valence-corrected chi connectivity index (χ2v) is 9.04. The van der Waals surface area contributed by atoms with Crippen molar-refractivity contribution >= 4 is 29.0 Å². The van der Waals surface area contributed by atoms with Gasteiger partial charge in [0, 0.05) is 29.2 Å². The summed E-state index contributed by atoms with van der Waals surface area (Å²) in [5.74, 6) is 0.491. The number of thioether (sulfide) groups is 1. The van der Waals surface area contributed by atoms with Crippen LogP contribution in [0.5, 0.6) is 5.75 Å². The molecule has 1 aromatic heterocycles. The molecule has 7 heteroatoms. The third-order valence-electron chi connectivity index (χ3n) is 5.70. The van der Waals surface area contributed by atoms with Gasteiger partial charge < -0.3 is 9.30 Å². The van der Waals surface area contributed by atoms with Crippen molar-refractivity contribution in [3.8, 4) is 17.5 Å². The smallest absolute Gasteiger partial charge is 0.293 e. The molecule has 0 saturated carbocycles. The second kappa shape index (κ2) is 10.0. The highest BCUT2D eigenvalue weighted by Gasteiger charge is 2.34. The van der Waals surface area contributed by atoms with E-state index in [0.29, 0.717) is 29.4 Å². The van der Waals surface area contributed by atoms with Crippen molar-refractivity contribution in [2.24, 2.45) is 0 Å².